The second-order valence-corrected chi connectivity index (χ2v) is 24.2. The predicted molar refractivity (Wildman–Crippen MR) is 231 cm³/mol. The normalized spacial score (nSPS) is 17.2. The molecule has 0 unspecified atom stereocenters. The molecule has 0 atom stereocenters. The highest BCUT2D eigenvalue weighted by molar-refractivity contribution is 7.07. The summed E-state index contributed by atoms with van der Waals surface area (Å²) in [5.41, 5.74) is 12.0. The molecule has 0 bridgehead atoms. The van der Waals surface area contributed by atoms with Gasteiger partial charge in [0.05, 0.1) is 34.1 Å². The van der Waals surface area contributed by atoms with Crippen LogP contribution in [0.4, 0.5) is 34.1 Å². The highest BCUT2D eigenvalue weighted by Crippen LogP contribution is 2.61. The Morgan fingerprint density at radius 1 is 0.389 bits per heavy atom. The summed E-state index contributed by atoms with van der Waals surface area (Å²) in [6.45, 7) is 24.3. The van der Waals surface area contributed by atoms with E-state index in [0.29, 0.717) is 0 Å². The molecule has 0 amide bonds. The Hall–Kier alpha value is -5.06. The van der Waals surface area contributed by atoms with Crippen molar-refractivity contribution in [2.75, 3.05) is 9.80 Å². The van der Waals surface area contributed by atoms with Gasteiger partial charge < -0.3 is 14.5 Å². The molecule has 0 aromatic heterocycles. The molecular formula is C50H52N2OSi. The fourth-order valence-corrected chi connectivity index (χ4v) is 18.6. The summed E-state index contributed by atoms with van der Waals surface area (Å²) in [7, 11) is -2.72. The van der Waals surface area contributed by atoms with Crippen LogP contribution >= 0.6 is 0 Å². The van der Waals surface area contributed by atoms with Crippen molar-refractivity contribution in [3.63, 3.8) is 0 Å². The number of ether oxygens (including phenoxy) is 1. The molecule has 0 aliphatic carbocycles. The van der Waals surface area contributed by atoms with Gasteiger partial charge in [0.1, 0.15) is 8.07 Å². The molecule has 3 aliphatic heterocycles. The Labute approximate surface area is 323 Å². The van der Waals surface area contributed by atoms with Crippen LogP contribution in [-0.4, -0.2) is 8.07 Å². The fourth-order valence-electron chi connectivity index (χ4n) is 11.1. The molecule has 3 aliphatic rings. The molecule has 3 nitrogen and oxygen atoms in total. The van der Waals surface area contributed by atoms with Crippen LogP contribution in [0.15, 0.2) is 133 Å². The molecule has 9 rings (SSSR count). The van der Waals surface area contributed by atoms with E-state index in [2.05, 4.69) is 212 Å². The predicted octanol–water partition coefficient (Wildman–Crippen LogP) is 13.2. The number of rotatable bonds is 2. The zero-order chi connectivity index (χ0) is 38.0. The number of hydrogen-bond acceptors (Lipinski definition) is 3. The van der Waals surface area contributed by atoms with Crippen molar-refractivity contribution in [2.24, 2.45) is 0 Å². The van der Waals surface area contributed by atoms with Gasteiger partial charge in [0, 0.05) is 10.8 Å². The van der Waals surface area contributed by atoms with Gasteiger partial charge in [-0.25, -0.2) is 0 Å². The monoisotopic (exact) mass is 724 g/mol. The van der Waals surface area contributed by atoms with Crippen LogP contribution in [0.5, 0.6) is 11.5 Å². The Bertz CT molecular complexity index is 2210. The lowest BCUT2D eigenvalue weighted by Crippen LogP contribution is -2.71. The summed E-state index contributed by atoms with van der Waals surface area (Å²) in [4.78, 5) is 4.97. The van der Waals surface area contributed by atoms with E-state index in [1.165, 1.54) is 55.4 Å². The summed E-state index contributed by atoms with van der Waals surface area (Å²) in [5.74, 6) is 1.97. The minimum atomic E-state index is -2.72. The van der Waals surface area contributed by atoms with Gasteiger partial charge in [0.25, 0.3) is 0 Å². The number of hydrogen-bond donors (Lipinski definition) is 0. The molecule has 0 radical (unpaired) electrons. The summed E-state index contributed by atoms with van der Waals surface area (Å²) in [6, 6.07) is 49.7. The Morgan fingerprint density at radius 3 is 0.963 bits per heavy atom. The first-order valence-electron chi connectivity index (χ1n) is 19.5. The lowest BCUT2D eigenvalue weighted by molar-refractivity contribution is 0.482. The van der Waals surface area contributed by atoms with Crippen molar-refractivity contribution < 1.29 is 4.74 Å². The van der Waals surface area contributed by atoms with E-state index < -0.39 is 8.07 Å². The molecule has 0 fully saturated rings. The molecule has 0 saturated heterocycles. The van der Waals surface area contributed by atoms with Crippen LogP contribution in [0.2, 0.25) is 10.1 Å². The number of fused-ring (bicyclic) bond motifs is 6. The van der Waals surface area contributed by atoms with Crippen LogP contribution < -0.4 is 24.9 Å². The van der Waals surface area contributed by atoms with E-state index in [-0.39, 0.29) is 20.9 Å². The summed E-state index contributed by atoms with van der Waals surface area (Å²) in [5, 5.41) is 2.61. The largest absolute Gasteiger partial charge is 0.453 e. The third-order valence-electron chi connectivity index (χ3n) is 13.0. The lowest BCUT2D eigenvalue weighted by atomic mass is 9.73. The van der Waals surface area contributed by atoms with Crippen LogP contribution in [0.3, 0.4) is 0 Å². The maximum absolute atomic E-state index is 7.71. The summed E-state index contributed by atoms with van der Waals surface area (Å²) < 4.78 is 7.71. The molecule has 272 valence electrons. The van der Waals surface area contributed by atoms with Gasteiger partial charge in [-0.1, -0.05) is 166 Å². The zero-order valence-electron chi connectivity index (χ0n) is 33.5. The molecule has 0 spiro atoms. The minimum Gasteiger partial charge on any atom is -0.453 e. The smallest absolute Gasteiger partial charge is 0.151 e. The van der Waals surface area contributed by atoms with Crippen molar-refractivity contribution in [2.45, 2.75) is 90.1 Å². The van der Waals surface area contributed by atoms with Crippen molar-refractivity contribution in [3.05, 3.63) is 156 Å². The Morgan fingerprint density at radius 2 is 0.667 bits per heavy atom. The van der Waals surface area contributed by atoms with Crippen molar-refractivity contribution in [1.29, 1.82) is 0 Å². The first-order chi connectivity index (χ1) is 25.6. The Balaban J connectivity index is 1.38. The van der Waals surface area contributed by atoms with Crippen LogP contribution in [0, 0.1) is 0 Å². The van der Waals surface area contributed by atoms with Crippen LogP contribution in [0.1, 0.15) is 91.5 Å². The standard InChI is InChI=1S/C50H52N2OSi/c1-47(2,3)54(48(4,5)6)43-31-19-29-41(51-37-25-15-11-21-33(37)49(7,8)34-22-12-16-26-38(34)51)45(43)53-46-42(30-20-32-44(46)54)52-39-27-17-13-23-35(39)50(9,10)36-24-14-18-28-40(36)52/h11-32H,1-10H3. The molecule has 4 heteroatoms. The first kappa shape index (κ1) is 34.7. The fraction of sp³-hybridized carbons (Fsp3) is 0.280. The maximum atomic E-state index is 7.71. The quantitative estimate of drug-likeness (QED) is 0.165. The van der Waals surface area contributed by atoms with Gasteiger partial charge in [-0.05, 0) is 79.1 Å². The van der Waals surface area contributed by atoms with E-state index in [0.717, 1.165) is 22.9 Å². The Kier molecular flexibility index (Phi) is 7.37. The van der Waals surface area contributed by atoms with Crippen LogP contribution in [-0.2, 0) is 10.8 Å². The highest BCUT2D eigenvalue weighted by Gasteiger charge is 2.60. The number of anilines is 6. The van der Waals surface area contributed by atoms with E-state index in [1.54, 1.807) is 0 Å². The van der Waals surface area contributed by atoms with Crippen LogP contribution in [0.25, 0.3) is 0 Å². The average molecular weight is 725 g/mol. The second kappa shape index (κ2) is 11.5. The molecule has 0 N–H and O–H groups in total. The molecule has 3 heterocycles. The third-order valence-corrected chi connectivity index (χ3v) is 19.9. The topological polar surface area (TPSA) is 15.7 Å². The highest BCUT2D eigenvalue weighted by atomic mass is 28.3. The van der Waals surface area contributed by atoms with E-state index in [1.807, 2.05) is 0 Å². The van der Waals surface area contributed by atoms with Crippen molar-refractivity contribution in [1.82, 2.24) is 0 Å². The maximum Gasteiger partial charge on any atom is 0.151 e. The van der Waals surface area contributed by atoms with Crippen molar-refractivity contribution >= 4 is 52.6 Å². The van der Waals surface area contributed by atoms with Gasteiger partial charge in [0.2, 0.25) is 0 Å². The molecule has 0 saturated carbocycles. The SMILES string of the molecule is CC1(C)c2ccccc2N(c2cccc3c2Oc2c(N4c5ccccc5C(C)(C)c5ccccc54)cccc2[Si]3(C(C)(C)C)C(C)(C)C)c2ccccc21. The van der Waals surface area contributed by atoms with E-state index in [9.17, 15) is 0 Å². The number of para-hydroxylation sites is 6. The number of benzene rings is 6. The first-order valence-corrected chi connectivity index (χ1v) is 21.5. The van der Waals surface area contributed by atoms with Gasteiger partial charge in [-0.2, -0.15) is 0 Å². The van der Waals surface area contributed by atoms with E-state index >= 15 is 0 Å². The van der Waals surface area contributed by atoms with Gasteiger partial charge in [0.15, 0.2) is 11.5 Å². The van der Waals surface area contributed by atoms with Crippen molar-refractivity contribution in [3.8, 4) is 11.5 Å². The molecule has 54 heavy (non-hydrogen) atoms. The zero-order valence-corrected chi connectivity index (χ0v) is 34.5. The molecule has 6 aromatic rings. The number of nitrogens with zero attached hydrogens (tertiary/aromatic N) is 2. The van der Waals surface area contributed by atoms with Gasteiger partial charge in [-0.15, -0.1) is 0 Å². The molecular weight excluding hydrogens is 673 g/mol. The second-order valence-electron chi connectivity index (χ2n) is 18.6. The van der Waals surface area contributed by atoms with E-state index in [4.69, 9.17) is 4.74 Å². The minimum absolute atomic E-state index is 0.0603. The molecule has 6 aromatic carbocycles. The third kappa shape index (κ3) is 4.47. The lowest BCUT2D eigenvalue weighted by Gasteiger charge is -2.55. The summed E-state index contributed by atoms with van der Waals surface area (Å²) in [6.07, 6.45) is 0. The van der Waals surface area contributed by atoms with Gasteiger partial charge in [-0.3, -0.25) is 0 Å². The van der Waals surface area contributed by atoms with Gasteiger partial charge >= 0.3 is 0 Å². The summed E-state index contributed by atoms with van der Waals surface area (Å²) >= 11 is 0. The average Bonchev–Trinajstić information content (AvgIpc) is 3.13.